The third kappa shape index (κ3) is 2.98. The number of rotatable bonds is 4. The van der Waals surface area contributed by atoms with Gasteiger partial charge in [-0.05, 0) is 19.1 Å². The summed E-state index contributed by atoms with van der Waals surface area (Å²) in [7, 11) is 0. The minimum Gasteiger partial charge on any atom is -0.461 e. The van der Waals surface area contributed by atoms with Crippen molar-refractivity contribution < 1.29 is 18.3 Å². The molecule has 0 spiro atoms. The Kier molecular flexibility index (Phi) is 3.93. The molecule has 23 heavy (non-hydrogen) atoms. The van der Waals surface area contributed by atoms with Crippen molar-refractivity contribution in [3.63, 3.8) is 0 Å². The summed E-state index contributed by atoms with van der Waals surface area (Å²) in [5.41, 5.74) is 0.0812. The molecule has 3 heterocycles. The Morgan fingerprint density at radius 1 is 1.48 bits per heavy atom. The van der Waals surface area contributed by atoms with E-state index in [1.807, 2.05) is 0 Å². The summed E-state index contributed by atoms with van der Waals surface area (Å²) in [6.07, 6.45) is 1.50. The largest absolute Gasteiger partial charge is 0.461 e. The predicted molar refractivity (Wildman–Crippen MR) is 79.5 cm³/mol. The van der Waals surface area contributed by atoms with Gasteiger partial charge in [0.25, 0.3) is 5.92 Å². The molecule has 0 saturated carbocycles. The fraction of sp³-hybridized carbons (Fsp3) is 0.357. The number of carbonyl (C=O) groups excluding carboxylic acids is 1. The number of hydrogen-bond acceptors (Lipinski definition) is 5. The highest BCUT2D eigenvalue weighted by atomic mass is 35.5. The van der Waals surface area contributed by atoms with Crippen LogP contribution >= 0.6 is 11.6 Å². The smallest absolute Gasteiger partial charge is 0.357 e. The maximum atomic E-state index is 13.0. The monoisotopic (exact) mass is 342 g/mol. The van der Waals surface area contributed by atoms with Gasteiger partial charge in [0.2, 0.25) is 0 Å². The minimum atomic E-state index is -2.74. The second kappa shape index (κ2) is 5.77. The van der Waals surface area contributed by atoms with Gasteiger partial charge in [0.15, 0.2) is 17.3 Å². The fourth-order valence-electron chi connectivity index (χ4n) is 2.24. The number of alkyl halides is 2. The van der Waals surface area contributed by atoms with Gasteiger partial charge in [-0.25, -0.2) is 23.2 Å². The van der Waals surface area contributed by atoms with Gasteiger partial charge in [0.05, 0.1) is 24.7 Å². The molecule has 3 rings (SSSR count). The Morgan fingerprint density at radius 2 is 2.22 bits per heavy atom. The lowest BCUT2D eigenvalue weighted by Crippen LogP contribution is -2.56. The maximum absolute atomic E-state index is 13.0. The number of pyridine rings is 1. The van der Waals surface area contributed by atoms with Crippen LogP contribution in [0.5, 0.6) is 0 Å². The summed E-state index contributed by atoms with van der Waals surface area (Å²) < 4.78 is 32.3. The molecule has 0 unspecified atom stereocenters. The van der Waals surface area contributed by atoms with Crippen molar-refractivity contribution in [1.82, 2.24) is 14.8 Å². The molecular weight excluding hydrogens is 330 g/mol. The Hall–Kier alpha value is -2.22. The lowest BCUT2D eigenvalue weighted by Gasteiger charge is -2.38. The van der Waals surface area contributed by atoms with Crippen molar-refractivity contribution >= 4 is 23.4 Å². The zero-order valence-corrected chi connectivity index (χ0v) is 12.9. The molecule has 2 aromatic rings. The summed E-state index contributed by atoms with van der Waals surface area (Å²) in [4.78, 5) is 17.6. The topological polar surface area (TPSA) is 60.2 Å². The van der Waals surface area contributed by atoms with Crippen LogP contribution in [0.25, 0.3) is 5.82 Å². The first kappa shape index (κ1) is 15.7. The number of halogens is 3. The number of carbonyl (C=O) groups is 1. The van der Waals surface area contributed by atoms with Crippen molar-refractivity contribution in [2.45, 2.75) is 12.8 Å². The van der Waals surface area contributed by atoms with Crippen LogP contribution in [0.1, 0.15) is 17.4 Å². The highest BCUT2D eigenvalue weighted by Crippen LogP contribution is 2.32. The van der Waals surface area contributed by atoms with E-state index in [0.717, 1.165) is 0 Å². The Bertz CT molecular complexity index is 742. The van der Waals surface area contributed by atoms with Crippen LogP contribution < -0.4 is 4.90 Å². The Labute approximate surface area is 135 Å². The predicted octanol–water partition coefficient (Wildman–Crippen LogP) is 2.55. The van der Waals surface area contributed by atoms with Gasteiger partial charge in [0.1, 0.15) is 0 Å². The summed E-state index contributed by atoms with van der Waals surface area (Å²) >= 11 is 6.09. The van der Waals surface area contributed by atoms with E-state index in [9.17, 15) is 13.6 Å². The molecule has 9 heteroatoms. The van der Waals surface area contributed by atoms with Crippen LogP contribution in [0, 0.1) is 0 Å². The van der Waals surface area contributed by atoms with E-state index in [4.69, 9.17) is 16.3 Å². The molecule has 2 aromatic heterocycles. The first-order chi connectivity index (χ1) is 10.9. The van der Waals surface area contributed by atoms with Crippen molar-refractivity contribution in [2.24, 2.45) is 0 Å². The second-order valence-corrected chi connectivity index (χ2v) is 5.45. The number of nitrogens with zero attached hydrogens (tertiary/aromatic N) is 4. The van der Waals surface area contributed by atoms with Gasteiger partial charge in [-0.3, -0.25) is 0 Å². The first-order valence-corrected chi connectivity index (χ1v) is 7.30. The van der Waals surface area contributed by atoms with Gasteiger partial charge in [-0.1, -0.05) is 11.6 Å². The summed E-state index contributed by atoms with van der Waals surface area (Å²) in [6.45, 7) is 0.963. The SMILES string of the molecule is CCOC(=O)c1cc(N2CC(F)(F)C2)nn1-c1ncccc1Cl. The molecule has 0 bridgehead atoms. The molecule has 0 aliphatic carbocycles. The normalized spacial score (nSPS) is 16.1. The molecule has 1 saturated heterocycles. The zero-order chi connectivity index (χ0) is 16.6. The molecule has 0 atom stereocenters. The third-order valence-corrected chi connectivity index (χ3v) is 3.58. The Morgan fingerprint density at radius 3 is 2.83 bits per heavy atom. The standard InChI is InChI=1S/C14H13ClF2N4O2/c1-2-23-13(22)10-6-11(20-7-14(16,17)8-20)19-21(10)12-9(15)4-3-5-18-12/h3-6H,2,7-8H2,1H3. The fourth-order valence-corrected chi connectivity index (χ4v) is 2.44. The number of ether oxygens (including phenoxy) is 1. The molecule has 122 valence electrons. The van der Waals surface area contributed by atoms with Gasteiger partial charge in [0, 0.05) is 12.3 Å². The molecule has 1 aliphatic heterocycles. The summed E-state index contributed by atoms with van der Waals surface area (Å²) in [6, 6.07) is 4.63. The molecule has 0 radical (unpaired) electrons. The quantitative estimate of drug-likeness (QED) is 0.799. The molecule has 0 N–H and O–H groups in total. The number of hydrogen-bond donors (Lipinski definition) is 0. The Balaban J connectivity index is 2.01. The van der Waals surface area contributed by atoms with Crippen LogP contribution in [0.4, 0.5) is 14.6 Å². The molecule has 6 nitrogen and oxygen atoms in total. The van der Waals surface area contributed by atoms with Crippen LogP contribution in [0.3, 0.4) is 0 Å². The van der Waals surface area contributed by atoms with Gasteiger partial charge < -0.3 is 9.64 Å². The van der Waals surface area contributed by atoms with E-state index in [1.54, 1.807) is 19.1 Å². The number of anilines is 1. The third-order valence-electron chi connectivity index (χ3n) is 3.29. The average Bonchev–Trinajstić information content (AvgIpc) is 2.90. The molecule has 1 fully saturated rings. The van der Waals surface area contributed by atoms with E-state index in [0.29, 0.717) is 0 Å². The maximum Gasteiger partial charge on any atom is 0.357 e. The first-order valence-electron chi connectivity index (χ1n) is 6.92. The van der Waals surface area contributed by atoms with Gasteiger partial charge >= 0.3 is 5.97 Å². The lowest BCUT2D eigenvalue weighted by atomic mass is 10.1. The van der Waals surface area contributed by atoms with Crippen LogP contribution in [0.2, 0.25) is 5.02 Å². The van der Waals surface area contributed by atoms with Crippen molar-refractivity contribution in [1.29, 1.82) is 0 Å². The van der Waals surface area contributed by atoms with Crippen LogP contribution in [-0.4, -0.2) is 46.4 Å². The van der Waals surface area contributed by atoms with E-state index >= 15 is 0 Å². The lowest BCUT2D eigenvalue weighted by molar-refractivity contribution is -0.0267. The highest BCUT2D eigenvalue weighted by molar-refractivity contribution is 6.32. The molecule has 0 aromatic carbocycles. The van der Waals surface area contributed by atoms with Crippen LogP contribution in [0.15, 0.2) is 24.4 Å². The molecule has 0 amide bonds. The number of esters is 1. The van der Waals surface area contributed by atoms with E-state index in [1.165, 1.54) is 21.8 Å². The number of aromatic nitrogens is 3. The van der Waals surface area contributed by atoms with E-state index in [-0.39, 0.29) is 29.0 Å². The van der Waals surface area contributed by atoms with Gasteiger partial charge in [-0.15, -0.1) is 5.10 Å². The van der Waals surface area contributed by atoms with Crippen molar-refractivity contribution in [3.8, 4) is 5.82 Å². The van der Waals surface area contributed by atoms with Crippen molar-refractivity contribution in [3.05, 3.63) is 35.1 Å². The van der Waals surface area contributed by atoms with Crippen LogP contribution in [-0.2, 0) is 4.74 Å². The van der Waals surface area contributed by atoms with Crippen molar-refractivity contribution in [2.75, 3.05) is 24.6 Å². The summed E-state index contributed by atoms with van der Waals surface area (Å²) in [5, 5.41) is 4.47. The highest BCUT2D eigenvalue weighted by Gasteiger charge is 2.45. The molecule has 1 aliphatic rings. The van der Waals surface area contributed by atoms with E-state index in [2.05, 4.69) is 10.1 Å². The minimum absolute atomic E-state index is 0.0812. The average molecular weight is 343 g/mol. The second-order valence-electron chi connectivity index (χ2n) is 5.04. The summed E-state index contributed by atoms with van der Waals surface area (Å²) in [5.74, 6) is -2.88. The van der Waals surface area contributed by atoms with Gasteiger partial charge in [-0.2, -0.15) is 0 Å². The molecular formula is C14H13ClF2N4O2. The zero-order valence-electron chi connectivity index (χ0n) is 12.2. The van der Waals surface area contributed by atoms with E-state index < -0.39 is 25.0 Å².